The normalized spacial score (nSPS) is 12.8. The van der Waals surface area contributed by atoms with Crippen LogP contribution in [-0.2, 0) is 26.3 Å². The Morgan fingerprint density at radius 3 is 2.22 bits per heavy atom. The van der Waals surface area contributed by atoms with Crippen LogP contribution >= 0.6 is 0 Å². The minimum atomic E-state index is -4.23. The SMILES string of the molecule is CCC(C(=O)NC(C)(C)C)N(Cc1cccc(C)c1)C(=O)CN(c1ccccc1F)S(=O)(=O)N(C)C. The van der Waals surface area contributed by atoms with Gasteiger partial charge >= 0.3 is 10.2 Å². The molecule has 36 heavy (non-hydrogen) atoms. The third kappa shape index (κ3) is 7.51. The number of para-hydroxylation sites is 1. The maximum Gasteiger partial charge on any atom is 0.304 e. The molecule has 0 bridgehead atoms. The molecule has 2 aromatic carbocycles. The van der Waals surface area contributed by atoms with Gasteiger partial charge in [-0.2, -0.15) is 12.7 Å². The highest BCUT2D eigenvalue weighted by Crippen LogP contribution is 2.24. The van der Waals surface area contributed by atoms with Crippen LogP contribution in [-0.4, -0.2) is 61.7 Å². The summed E-state index contributed by atoms with van der Waals surface area (Å²) in [7, 11) is -1.61. The molecule has 0 radical (unpaired) electrons. The minimum absolute atomic E-state index is 0.0870. The number of rotatable bonds is 10. The van der Waals surface area contributed by atoms with Gasteiger partial charge in [-0.3, -0.25) is 9.59 Å². The van der Waals surface area contributed by atoms with E-state index < -0.39 is 40.1 Å². The number of nitrogens with one attached hydrogen (secondary N) is 1. The van der Waals surface area contributed by atoms with Crippen molar-refractivity contribution in [2.24, 2.45) is 0 Å². The summed E-state index contributed by atoms with van der Waals surface area (Å²) in [5, 5.41) is 2.91. The monoisotopic (exact) mass is 520 g/mol. The van der Waals surface area contributed by atoms with E-state index in [-0.39, 0.29) is 18.1 Å². The van der Waals surface area contributed by atoms with Crippen molar-refractivity contribution in [2.45, 2.75) is 59.2 Å². The Hall–Kier alpha value is -2.98. The van der Waals surface area contributed by atoms with Crippen molar-refractivity contribution >= 4 is 27.7 Å². The molecule has 0 saturated heterocycles. The zero-order valence-corrected chi connectivity index (χ0v) is 22.9. The Morgan fingerprint density at radius 2 is 1.69 bits per heavy atom. The second-order valence-corrected chi connectivity index (χ2v) is 12.0. The van der Waals surface area contributed by atoms with Gasteiger partial charge in [0.1, 0.15) is 18.4 Å². The molecule has 0 aromatic heterocycles. The van der Waals surface area contributed by atoms with Gasteiger partial charge in [-0.1, -0.05) is 48.9 Å². The van der Waals surface area contributed by atoms with E-state index in [0.29, 0.717) is 6.42 Å². The summed E-state index contributed by atoms with van der Waals surface area (Å²) in [5.74, 6) is -1.75. The van der Waals surface area contributed by atoms with Crippen LogP contribution in [0.1, 0.15) is 45.2 Å². The molecule has 0 saturated carbocycles. The number of aryl methyl sites for hydroxylation is 1. The van der Waals surface area contributed by atoms with Gasteiger partial charge in [0.25, 0.3) is 0 Å². The van der Waals surface area contributed by atoms with Crippen molar-refractivity contribution in [3.8, 4) is 0 Å². The quantitative estimate of drug-likeness (QED) is 0.520. The van der Waals surface area contributed by atoms with E-state index in [1.54, 1.807) is 6.92 Å². The van der Waals surface area contributed by atoms with E-state index in [1.807, 2.05) is 52.0 Å². The molecular formula is C26H37FN4O4S. The standard InChI is InChI=1S/C26H37FN4O4S/c1-8-22(25(33)28-26(3,4)5)30(17-20-13-11-12-19(2)16-20)24(32)18-31(36(34,35)29(6)7)23-15-10-9-14-21(23)27/h9-16,22H,8,17-18H2,1-7H3,(H,28,33). The van der Waals surface area contributed by atoms with E-state index in [2.05, 4.69) is 5.32 Å². The van der Waals surface area contributed by atoms with Crippen LogP contribution in [0.2, 0.25) is 0 Å². The summed E-state index contributed by atoms with van der Waals surface area (Å²) in [6.07, 6.45) is 0.305. The first-order valence-electron chi connectivity index (χ1n) is 11.8. The number of carbonyl (C=O) groups excluding carboxylic acids is 2. The van der Waals surface area contributed by atoms with Crippen LogP contribution in [0, 0.1) is 12.7 Å². The maximum absolute atomic E-state index is 14.7. The van der Waals surface area contributed by atoms with Gasteiger partial charge in [-0.25, -0.2) is 8.70 Å². The van der Waals surface area contributed by atoms with Crippen LogP contribution in [0.15, 0.2) is 48.5 Å². The zero-order valence-electron chi connectivity index (χ0n) is 22.1. The molecule has 1 N–H and O–H groups in total. The predicted octanol–water partition coefficient (Wildman–Crippen LogP) is 3.47. The van der Waals surface area contributed by atoms with E-state index in [0.717, 1.165) is 25.8 Å². The van der Waals surface area contributed by atoms with E-state index in [9.17, 15) is 22.4 Å². The van der Waals surface area contributed by atoms with Crippen molar-refractivity contribution < 1.29 is 22.4 Å². The largest absolute Gasteiger partial charge is 0.350 e. The summed E-state index contributed by atoms with van der Waals surface area (Å²) in [6, 6.07) is 12.0. The van der Waals surface area contributed by atoms with E-state index >= 15 is 0 Å². The Morgan fingerprint density at radius 1 is 1.06 bits per heavy atom. The molecule has 2 aromatic rings. The average molecular weight is 521 g/mol. The lowest BCUT2D eigenvalue weighted by atomic mass is 10.0. The molecule has 1 unspecified atom stereocenters. The van der Waals surface area contributed by atoms with Crippen LogP contribution in [0.4, 0.5) is 10.1 Å². The number of carbonyl (C=O) groups is 2. The lowest BCUT2D eigenvalue weighted by molar-refractivity contribution is -0.141. The van der Waals surface area contributed by atoms with Gasteiger partial charge in [0.15, 0.2) is 0 Å². The highest BCUT2D eigenvalue weighted by molar-refractivity contribution is 7.90. The second-order valence-electron chi connectivity index (χ2n) is 9.92. The van der Waals surface area contributed by atoms with E-state index in [4.69, 9.17) is 0 Å². The molecule has 0 aliphatic carbocycles. The first kappa shape index (κ1) is 29.3. The van der Waals surface area contributed by atoms with Crippen molar-refractivity contribution in [1.29, 1.82) is 0 Å². The lowest BCUT2D eigenvalue weighted by Crippen LogP contribution is -2.55. The molecule has 0 aliphatic heterocycles. The van der Waals surface area contributed by atoms with Gasteiger partial charge < -0.3 is 10.2 Å². The van der Waals surface area contributed by atoms with Gasteiger partial charge in [-0.05, 0) is 51.8 Å². The Labute approximate surface area is 214 Å². The molecule has 1 atom stereocenters. The van der Waals surface area contributed by atoms with Crippen LogP contribution in [0.25, 0.3) is 0 Å². The lowest BCUT2D eigenvalue weighted by Gasteiger charge is -2.35. The molecule has 2 amide bonds. The van der Waals surface area contributed by atoms with Crippen molar-refractivity contribution in [3.05, 3.63) is 65.5 Å². The molecule has 2 rings (SSSR count). The number of amides is 2. The smallest absolute Gasteiger partial charge is 0.304 e. The van der Waals surface area contributed by atoms with Crippen molar-refractivity contribution in [3.63, 3.8) is 0 Å². The number of hydrogen-bond donors (Lipinski definition) is 1. The minimum Gasteiger partial charge on any atom is -0.350 e. The Bertz CT molecular complexity index is 1180. The average Bonchev–Trinajstić information content (AvgIpc) is 2.76. The van der Waals surface area contributed by atoms with Crippen molar-refractivity contribution in [1.82, 2.24) is 14.5 Å². The van der Waals surface area contributed by atoms with Crippen LogP contribution in [0.3, 0.4) is 0 Å². The first-order valence-corrected chi connectivity index (χ1v) is 13.2. The highest BCUT2D eigenvalue weighted by Gasteiger charge is 2.35. The topological polar surface area (TPSA) is 90.0 Å². The summed E-state index contributed by atoms with van der Waals surface area (Å²) in [5.41, 5.74) is 0.992. The number of nitrogens with zero attached hydrogens (tertiary/aromatic N) is 3. The molecule has 10 heteroatoms. The number of anilines is 1. The molecular weight excluding hydrogens is 483 g/mol. The third-order valence-electron chi connectivity index (χ3n) is 5.46. The fraction of sp³-hybridized carbons (Fsp3) is 0.462. The van der Waals surface area contributed by atoms with E-state index in [1.165, 1.54) is 37.2 Å². The first-order chi connectivity index (χ1) is 16.7. The third-order valence-corrected chi connectivity index (χ3v) is 7.27. The number of hydrogen-bond acceptors (Lipinski definition) is 4. The zero-order chi connectivity index (χ0) is 27.3. The molecule has 8 nitrogen and oxygen atoms in total. The Balaban J connectivity index is 2.54. The van der Waals surface area contributed by atoms with Gasteiger partial charge in [0.05, 0.1) is 5.69 Å². The molecule has 0 heterocycles. The van der Waals surface area contributed by atoms with Crippen LogP contribution < -0.4 is 9.62 Å². The molecule has 198 valence electrons. The fourth-order valence-electron chi connectivity index (χ4n) is 3.74. The fourth-order valence-corrected chi connectivity index (χ4v) is 4.80. The van der Waals surface area contributed by atoms with Crippen LogP contribution in [0.5, 0.6) is 0 Å². The number of halogens is 1. The summed E-state index contributed by atoms with van der Waals surface area (Å²) >= 11 is 0. The molecule has 0 spiro atoms. The van der Waals surface area contributed by atoms with Gasteiger partial charge in [0, 0.05) is 26.2 Å². The maximum atomic E-state index is 14.7. The van der Waals surface area contributed by atoms with Gasteiger partial charge in [0.2, 0.25) is 11.8 Å². The highest BCUT2D eigenvalue weighted by atomic mass is 32.2. The van der Waals surface area contributed by atoms with Gasteiger partial charge in [-0.15, -0.1) is 0 Å². The summed E-state index contributed by atoms with van der Waals surface area (Å²) in [4.78, 5) is 28.3. The molecule has 0 fully saturated rings. The Kier molecular flexibility index (Phi) is 9.62. The second kappa shape index (κ2) is 11.8. The number of benzene rings is 2. The summed E-state index contributed by atoms with van der Waals surface area (Å²) in [6.45, 7) is 8.64. The predicted molar refractivity (Wildman–Crippen MR) is 140 cm³/mol. The van der Waals surface area contributed by atoms with Crippen molar-refractivity contribution in [2.75, 3.05) is 24.9 Å². The summed E-state index contributed by atoms with van der Waals surface area (Å²) < 4.78 is 42.6. The molecule has 0 aliphatic rings.